The molecule has 2 rings (SSSR count). The Hall–Kier alpha value is -0.800. The molecule has 21 heavy (non-hydrogen) atoms. The van der Waals surface area contributed by atoms with Crippen molar-refractivity contribution >= 4 is 46.8 Å². The Morgan fingerprint density at radius 3 is 2.57 bits per heavy atom. The fourth-order valence-electron chi connectivity index (χ4n) is 2.02. The van der Waals surface area contributed by atoms with Crippen LogP contribution in [0.15, 0.2) is 8.68 Å². The molecule has 116 valence electrons. The van der Waals surface area contributed by atoms with E-state index in [9.17, 15) is 9.59 Å². The van der Waals surface area contributed by atoms with Crippen molar-refractivity contribution < 1.29 is 9.59 Å². The molecule has 6 nitrogen and oxygen atoms in total. The number of hydrogen-bond donors (Lipinski definition) is 2. The first-order chi connectivity index (χ1) is 10.2. The highest BCUT2D eigenvalue weighted by atomic mass is 32.2. The van der Waals surface area contributed by atoms with Gasteiger partial charge in [0.1, 0.15) is 0 Å². The normalized spacial score (nSPS) is 15.1. The standard InChI is InChI=1S/C12H18N4O2S3/c1-2-19-11-15-16-12(21-11)20-7-9(17)14-10(18)13-8-5-3-4-6-8/h8H,2-7H2,1H3,(H2,13,14,17,18). The monoisotopic (exact) mass is 346 g/mol. The van der Waals surface area contributed by atoms with Crippen LogP contribution in [-0.4, -0.2) is 39.7 Å². The van der Waals surface area contributed by atoms with Gasteiger partial charge in [-0.05, 0) is 18.6 Å². The van der Waals surface area contributed by atoms with Crippen LogP contribution >= 0.6 is 34.9 Å². The summed E-state index contributed by atoms with van der Waals surface area (Å²) in [6, 6.07) is -0.186. The zero-order valence-electron chi connectivity index (χ0n) is 11.8. The van der Waals surface area contributed by atoms with Crippen LogP contribution in [0, 0.1) is 0 Å². The molecule has 0 radical (unpaired) electrons. The van der Waals surface area contributed by atoms with E-state index in [2.05, 4.69) is 27.8 Å². The fraction of sp³-hybridized carbons (Fsp3) is 0.667. The molecule has 0 unspecified atom stereocenters. The number of amides is 3. The van der Waals surface area contributed by atoms with Gasteiger partial charge in [-0.3, -0.25) is 10.1 Å². The van der Waals surface area contributed by atoms with Crippen LogP contribution in [0.1, 0.15) is 32.6 Å². The van der Waals surface area contributed by atoms with Crippen molar-refractivity contribution in [1.82, 2.24) is 20.8 Å². The largest absolute Gasteiger partial charge is 0.335 e. The van der Waals surface area contributed by atoms with Crippen LogP contribution < -0.4 is 10.6 Å². The summed E-state index contributed by atoms with van der Waals surface area (Å²) in [5.74, 6) is 0.806. The van der Waals surface area contributed by atoms with Crippen LogP contribution in [0.2, 0.25) is 0 Å². The predicted octanol–water partition coefficient (Wildman–Crippen LogP) is 2.51. The molecule has 1 saturated carbocycles. The van der Waals surface area contributed by atoms with E-state index in [-0.39, 0.29) is 17.7 Å². The van der Waals surface area contributed by atoms with Gasteiger partial charge in [0, 0.05) is 6.04 Å². The van der Waals surface area contributed by atoms with Gasteiger partial charge in [-0.2, -0.15) is 0 Å². The zero-order chi connectivity index (χ0) is 15.1. The second-order valence-electron chi connectivity index (χ2n) is 4.56. The maximum Gasteiger partial charge on any atom is 0.321 e. The number of carbonyl (C=O) groups excluding carboxylic acids is 2. The maximum absolute atomic E-state index is 11.7. The van der Waals surface area contributed by atoms with E-state index in [1.807, 2.05) is 0 Å². The maximum atomic E-state index is 11.7. The van der Waals surface area contributed by atoms with Gasteiger partial charge in [0.15, 0.2) is 8.68 Å². The van der Waals surface area contributed by atoms with Crippen molar-refractivity contribution in [3.8, 4) is 0 Å². The molecule has 9 heteroatoms. The Morgan fingerprint density at radius 2 is 1.90 bits per heavy atom. The first-order valence-corrected chi connectivity index (χ1v) is 9.65. The second-order valence-corrected chi connectivity index (χ2v) is 8.27. The summed E-state index contributed by atoms with van der Waals surface area (Å²) in [6.45, 7) is 2.05. The third-order valence-corrected chi connectivity index (χ3v) is 6.00. The van der Waals surface area contributed by atoms with Crippen LogP contribution in [0.5, 0.6) is 0 Å². The lowest BCUT2D eigenvalue weighted by Crippen LogP contribution is -2.44. The van der Waals surface area contributed by atoms with Gasteiger partial charge in [-0.1, -0.05) is 54.6 Å². The van der Waals surface area contributed by atoms with E-state index in [1.54, 1.807) is 11.8 Å². The van der Waals surface area contributed by atoms with Crippen molar-refractivity contribution in [1.29, 1.82) is 0 Å². The molecule has 0 aromatic carbocycles. The van der Waals surface area contributed by atoms with Gasteiger partial charge in [-0.15, -0.1) is 10.2 Å². The molecule has 0 atom stereocenters. The van der Waals surface area contributed by atoms with E-state index < -0.39 is 6.03 Å². The third-order valence-electron chi connectivity index (χ3n) is 2.93. The number of thioether (sulfide) groups is 2. The minimum Gasteiger partial charge on any atom is -0.335 e. The summed E-state index contributed by atoms with van der Waals surface area (Å²) in [5.41, 5.74) is 0. The lowest BCUT2D eigenvalue weighted by Gasteiger charge is -2.11. The highest BCUT2D eigenvalue weighted by Gasteiger charge is 2.18. The highest BCUT2D eigenvalue weighted by molar-refractivity contribution is 8.03. The smallest absolute Gasteiger partial charge is 0.321 e. The van der Waals surface area contributed by atoms with Crippen LogP contribution in [-0.2, 0) is 4.79 Å². The van der Waals surface area contributed by atoms with Crippen LogP contribution in [0.3, 0.4) is 0 Å². The molecule has 1 aromatic heterocycles. The Labute approximate surface area is 136 Å². The lowest BCUT2D eigenvalue weighted by atomic mass is 10.2. The Morgan fingerprint density at radius 1 is 1.24 bits per heavy atom. The number of urea groups is 1. The van der Waals surface area contributed by atoms with Gasteiger partial charge in [-0.25, -0.2) is 4.79 Å². The zero-order valence-corrected chi connectivity index (χ0v) is 14.2. The minimum atomic E-state index is -0.396. The number of carbonyl (C=O) groups is 2. The van der Waals surface area contributed by atoms with E-state index >= 15 is 0 Å². The summed E-state index contributed by atoms with van der Waals surface area (Å²) in [4.78, 5) is 23.3. The third kappa shape index (κ3) is 5.84. The SMILES string of the molecule is CCSc1nnc(SCC(=O)NC(=O)NC2CCCC2)s1. The predicted molar refractivity (Wildman–Crippen MR) is 86.0 cm³/mol. The molecule has 2 N–H and O–H groups in total. The fourth-order valence-corrected chi connectivity index (χ4v) is 4.74. The summed E-state index contributed by atoms with van der Waals surface area (Å²) >= 11 is 4.39. The second kappa shape index (κ2) is 8.60. The molecule has 1 aromatic rings. The number of rotatable bonds is 6. The Kier molecular flexibility index (Phi) is 6.78. The minimum absolute atomic E-state index is 0.170. The van der Waals surface area contributed by atoms with Gasteiger partial charge in [0.25, 0.3) is 0 Å². The van der Waals surface area contributed by atoms with Crippen molar-refractivity contribution in [3.63, 3.8) is 0 Å². The van der Waals surface area contributed by atoms with Crippen molar-refractivity contribution in [2.24, 2.45) is 0 Å². The molecular formula is C12H18N4O2S3. The van der Waals surface area contributed by atoms with Crippen molar-refractivity contribution in [2.75, 3.05) is 11.5 Å². The first-order valence-electron chi connectivity index (χ1n) is 6.87. The number of imide groups is 1. The molecule has 0 bridgehead atoms. The summed E-state index contributed by atoms with van der Waals surface area (Å²) in [5, 5.41) is 13.2. The summed E-state index contributed by atoms with van der Waals surface area (Å²) < 4.78 is 1.65. The topological polar surface area (TPSA) is 84.0 Å². The van der Waals surface area contributed by atoms with E-state index in [0.29, 0.717) is 0 Å². The van der Waals surface area contributed by atoms with Gasteiger partial charge in [0.05, 0.1) is 5.75 Å². The quantitative estimate of drug-likeness (QED) is 0.770. The summed E-state index contributed by atoms with van der Waals surface area (Å²) in [6.07, 6.45) is 4.28. The highest BCUT2D eigenvalue weighted by Crippen LogP contribution is 2.28. The number of nitrogens with zero attached hydrogens (tertiary/aromatic N) is 2. The van der Waals surface area contributed by atoms with Crippen molar-refractivity contribution in [2.45, 2.75) is 47.3 Å². The van der Waals surface area contributed by atoms with Gasteiger partial charge in [0.2, 0.25) is 5.91 Å². The molecule has 3 amide bonds. The molecule has 1 aliphatic rings. The molecule has 0 spiro atoms. The van der Waals surface area contributed by atoms with Crippen LogP contribution in [0.4, 0.5) is 4.79 Å². The molecule has 0 saturated heterocycles. The van der Waals surface area contributed by atoms with Crippen molar-refractivity contribution in [3.05, 3.63) is 0 Å². The van der Waals surface area contributed by atoms with Gasteiger partial charge < -0.3 is 5.32 Å². The number of aromatic nitrogens is 2. The van der Waals surface area contributed by atoms with E-state index in [4.69, 9.17) is 0 Å². The Bertz CT molecular complexity index is 489. The molecule has 1 aliphatic carbocycles. The van der Waals surface area contributed by atoms with E-state index in [0.717, 1.165) is 40.1 Å². The lowest BCUT2D eigenvalue weighted by molar-refractivity contribution is -0.117. The number of hydrogen-bond acceptors (Lipinski definition) is 7. The molecule has 0 aliphatic heterocycles. The molecule has 1 heterocycles. The van der Waals surface area contributed by atoms with Crippen LogP contribution in [0.25, 0.3) is 0 Å². The summed E-state index contributed by atoms with van der Waals surface area (Å²) in [7, 11) is 0. The number of nitrogens with one attached hydrogen (secondary N) is 2. The van der Waals surface area contributed by atoms with E-state index in [1.165, 1.54) is 23.1 Å². The average Bonchev–Trinajstić information content (AvgIpc) is 3.08. The molecular weight excluding hydrogens is 328 g/mol. The van der Waals surface area contributed by atoms with Gasteiger partial charge >= 0.3 is 6.03 Å². The average molecular weight is 347 g/mol. The molecule has 1 fully saturated rings. The Balaban J connectivity index is 1.67. The first kappa shape index (κ1) is 16.6.